The van der Waals surface area contributed by atoms with Crippen LogP contribution in [0.2, 0.25) is 0 Å². The summed E-state index contributed by atoms with van der Waals surface area (Å²) in [4.78, 5) is 18.2. The van der Waals surface area contributed by atoms with Crippen LogP contribution in [0.15, 0.2) is 10.7 Å². The van der Waals surface area contributed by atoms with Crippen molar-refractivity contribution in [3.05, 3.63) is 16.2 Å². The van der Waals surface area contributed by atoms with Gasteiger partial charge < -0.3 is 16.0 Å². The molecule has 0 unspecified atom stereocenters. The lowest BCUT2D eigenvalue weighted by atomic mass is 9.96. The molecule has 0 radical (unpaired) electrons. The minimum Gasteiger partial charge on any atom is -0.397 e. The fraction of sp³-hybridized carbons (Fsp3) is 0.538. The molecule has 5 nitrogen and oxygen atoms in total. The van der Waals surface area contributed by atoms with Gasteiger partial charge >= 0.3 is 0 Å². The fourth-order valence-corrected chi connectivity index (χ4v) is 2.94. The molecular formula is C13H19BrN4O. The van der Waals surface area contributed by atoms with E-state index in [0.717, 1.165) is 41.8 Å². The van der Waals surface area contributed by atoms with E-state index in [0.29, 0.717) is 5.69 Å². The molecule has 1 aromatic heterocycles. The molecule has 19 heavy (non-hydrogen) atoms. The van der Waals surface area contributed by atoms with Crippen LogP contribution in [0.25, 0.3) is 0 Å². The Kier molecular flexibility index (Phi) is 4.29. The Morgan fingerprint density at radius 3 is 2.74 bits per heavy atom. The Labute approximate surface area is 121 Å². The van der Waals surface area contributed by atoms with Gasteiger partial charge in [0.15, 0.2) is 0 Å². The summed E-state index contributed by atoms with van der Waals surface area (Å²) < 4.78 is 0.950. The third-order valence-electron chi connectivity index (χ3n) is 3.70. The number of hydrogen-bond acceptors (Lipinski definition) is 4. The summed E-state index contributed by atoms with van der Waals surface area (Å²) in [6.07, 6.45) is 3.41. The maximum absolute atomic E-state index is 11.6. The van der Waals surface area contributed by atoms with Gasteiger partial charge in [0, 0.05) is 26.1 Å². The average molecular weight is 327 g/mol. The van der Waals surface area contributed by atoms with Crippen LogP contribution in [0, 0.1) is 12.8 Å². The normalized spacial score (nSPS) is 16.5. The number of nitrogens with zero attached hydrogens (tertiary/aromatic N) is 2. The van der Waals surface area contributed by atoms with Gasteiger partial charge in [-0.3, -0.25) is 4.79 Å². The van der Waals surface area contributed by atoms with Gasteiger partial charge in [0.05, 0.1) is 16.4 Å². The predicted molar refractivity (Wildman–Crippen MR) is 80.1 cm³/mol. The number of pyridine rings is 1. The van der Waals surface area contributed by atoms with Crippen LogP contribution in [-0.2, 0) is 4.79 Å². The standard InChI is InChI=1S/C13H19BrN4O/c1-8-10(15)7-17-12(11(8)14)18-5-3-9(4-6-18)13(19)16-2/h7,9H,3-6,15H2,1-2H3,(H,16,19). The van der Waals surface area contributed by atoms with E-state index in [-0.39, 0.29) is 11.8 Å². The van der Waals surface area contributed by atoms with Crippen molar-refractivity contribution in [1.29, 1.82) is 0 Å². The van der Waals surface area contributed by atoms with Gasteiger partial charge in [0.25, 0.3) is 0 Å². The highest BCUT2D eigenvalue weighted by Gasteiger charge is 2.26. The van der Waals surface area contributed by atoms with Crippen molar-refractivity contribution < 1.29 is 4.79 Å². The zero-order chi connectivity index (χ0) is 14.0. The van der Waals surface area contributed by atoms with E-state index < -0.39 is 0 Å². The first-order chi connectivity index (χ1) is 9.04. The monoisotopic (exact) mass is 326 g/mol. The number of amides is 1. The first-order valence-electron chi connectivity index (χ1n) is 6.41. The molecule has 1 aromatic rings. The zero-order valence-corrected chi connectivity index (χ0v) is 12.8. The molecule has 2 heterocycles. The van der Waals surface area contributed by atoms with Crippen LogP contribution in [0.5, 0.6) is 0 Å². The summed E-state index contributed by atoms with van der Waals surface area (Å²) in [6, 6.07) is 0. The molecule has 3 N–H and O–H groups in total. The molecule has 0 spiro atoms. The molecule has 0 saturated carbocycles. The fourth-order valence-electron chi connectivity index (χ4n) is 2.36. The Morgan fingerprint density at radius 2 is 2.16 bits per heavy atom. The SMILES string of the molecule is CNC(=O)C1CCN(c2ncc(N)c(C)c2Br)CC1. The number of nitrogens with one attached hydrogen (secondary N) is 1. The van der Waals surface area contributed by atoms with Crippen molar-refractivity contribution in [3.8, 4) is 0 Å². The molecule has 1 fully saturated rings. The number of carbonyl (C=O) groups is 1. The predicted octanol–water partition coefficient (Wildman–Crippen LogP) is 1.70. The first kappa shape index (κ1) is 14.1. The summed E-state index contributed by atoms with van der Waals surface area (Å²) in [5.41, 5.74) is 7.54. The molecule has 1 amide bonds. The van der Waals surface area contributed by atoms with Crippen molar-refractivity contribution in [2.45, 2.75) is 19.8 Å². The smallest absolute Gasteiger partial charge is 0.222 e. The molecule has 0 atom stereocenters. The van der Waals surface area contributed by atoms with Crippen LogP contribution < -0.4 is 16.0 Å². The summed E-state index contributed by atoms with van der Waals surface area (Å²) in [5.74, 6) is 1.18. The number of rotatable bonds is 2. The number of nitrogens with two attached hydrogens (primary N) is 1. The average Bonchev–Trinajstić information content (AvgIpc) is 2.44. The number of halogens is 1. The Balaban J connectivity index is 2.10. The number of hydrogen-bond donors (Lipinski definition) is 2. The zero-order valence-electron chi connectivity index (χ0n) is 11.2. The van der Waals surface area contributed by atoms with Gasteiger partial charge in [-0.2, -0.15) is 0 Å². The second-order valence-corrected chi connectivity index (χ2v) is 5.64. The highest BCUT2D eigenvalue weighted by Crippen LogP contribution is 2.32. The van der Waals surface area contributed by atoms with Crippen LogP contribution in [0.1, 0.15) is 18.4 Å². The van der Waals surface area contributed by atoms with E-state index in [1.807, 2.05) is 6.92 Å². The van der Waals surface area contributed by atoms with Gasteiger partial charge in [-0.15, -0.1) is 0 Å². The van der Waals surface area contributed by atoms with Gasteiger partial charge in [0.1, 0.15) is 5.82 Å². The second kappa shape index (κ2) is 5.77. The first-order valence-corrected chi connectivity index (χ1v) is 7.21. The van der Waals surface area contributed by atoms with E-state index in [4.69, 9.17) is 5.73 Å². The van der Waals surface area contributed by atoms with Gasteiger partial charge in [-0.05, 0) is 41.3 Å². The van der Waals surface area contributed by atoms with E-state index >= 15 is 0 Å². The molecule has 0 aromatic carbocycles. The largest absolute Gasteiger partial charge is 0.397 e. The lowest BCUT2D eigenvalue weighted by molar-refractivity contribution is -0.125. The van der Waals surface area contributed by atoms with Gasteiger partial charge in [-0.1, -0.05) is 0 Å². The van der Waals surface area contributed by atoms with Crippen LogP contribution in [0.4, 0.5) is 11.5 Å². The van der Waals surface area contributed by atoms with E-state index in [9.17, 15) is 4.79 Å². The summed E-state index contributed by atoms with van der Waals surface area (Å²) >= 11 is 3.56. The quantitative estimate of drug-likeness (QED) is 0.867. The van der Waals surface area contributed by atoms with Gasteiger partial charge in [0.2, 0.25) is 5.91 Å². The molecule has 1 aliphatic heterocycles. The molecule has 2 rings (SSSR count). The molecular weight excluding hydrogens is 308 g/mol. The van der Waals surface area contributed by atoms with Crippen molar-refractivity contribution in [2.24, 2.45) is 5.92 Å². The lowest BCUT2D eigenvalue weighted by Crippen LogP contribution is -2.40. The van der Waals surface area contributed by atoms with E-state index in [1.165, 1.54) is 0 Å². The molecule has 6 heteroatoms. The molecule has 1 aliphatic rings. The topological polar surface area (TPSA) is 71.2 Å². The van der Waals surface area contributed by atoms with Crippen molar-refractivity contribution in [1.82, 2.24) is 10.3 Å². The summed E-state index contributed by atoms with van der Waals surface area (Å²) in [7, 11) is 1.69. The maximum Gasteiger partial charge on any atom is 0.222 e. The number of aromatic nitrogens is 1. The third kappa shape index (κ3) is 2.83. The van der Waals surface area contributed by atoms with Crippen molar-refractivity contribution in [3.63, 3.8) is 0 Å². The number of nitrogen functional groups attached to an aromatic ring is 1. The minimum absolute atomic E-state index is 0.120. The maximum atomic E-state index is 11.6. The Hall–Kier alpha value is -1.30. The van der Waals surface area contributed by atoms with E-state index in [1.54, 1.807) is 13.2 Å². The van der Waals surface area contributed by atoms with E-state index in [2.05, 4.69) is 31.1 Å². The highest BCUT2D eigenvalue weighted by atomic mass is 79.9. The Morgan fingerprint density at radius 1 is 1.53 bits per heavy atom. The Bertz CT molecular complexity index is 484. The summed E-state index contributed by atoms with van der Waals surface area (Å²) in [6.45, 7) is 3.65. The third-order valence-corrected chi connectivity index (χ3v) is 4.65. The van der Waals surface area contributed by atoms with Crippen molar-refractivity contribution in [2.75, 3.05) is 30.8 Å². The highest BCUT2D eigenvalue weighted by molar-refractivity contribution is 9.10. The molecule has 0 aliphatic carbocycles. The van der Waals surface area contributed by atoms with Crippen LogP contribution in [0.3, 0.4) is 0 Å². The number of piperidine rings is 1. The minimum atomic E-state index is 0.120. The van der Waals surface area contributed by atoms with Crippen molar-refractivity contribution >= 4 is 33.3 Å². The lowest BCUT2D eigenvalue weighted by Gasteiger charge is -2.32. The van der Waals surface area contributed by atoms with Crippen LogP contribution >= 0.6 is 15.9 Å². The molecule has 1 saturated heterocycles. The second-order valence-electron chi connectivity index (χ2n) is 4.85. The van der Waals surface area contributed by atoms with Gasteiger partial charge in [-0.25, -0.2) is 4.98 Å². The van der Waals surface area contributed by atoms with Crippen LogP contribution in [-0.4, -0.2) is 31.0 Å². The number of carbonyl (C=O) groups excluding carboxylic acids is 1. The number of anilines is 2. The molecule has 0 bridgehead atoms. The molecule has 104 valence electrons. The summed E-state index contributed by atoms with van der Waals surface area (Å²) in [5, 5.41) is 2.72.